The zero-order valence-corrected chi connectivity index (χ0v) is 11.0. The van der Waals surface area contributed by atoms with E-state index in [0.717, 1.165) is 5.39 Å². The highest BCUT2D eigenvalue weighted by Crippen LogP contribution is 2.42. The lowest BCUT2D eigenvalue weighted by Crippen LogP contribution is -2.25. The molecule has 0 spiro atoms. The van der Waals surface area contributed by atoms with Crippen molar-refractivity contribution in [1.29, 1.82) is 0 Å². The van der Waals surface area contributed by atoms with Gasteiger partial charge in [-0.05, 0) is 24.3 Å². The Morgan fingerprint density at radius 1 is 1.14 bits per heavy atom. The van der Waals surface area contributed by atoms with Crippen LogP contribution >= 0.6 is 0 Å². The first-order chi connectivity index (χ1) is 10.6. The monoisotopic (exact) mass is 302 g/mol. The Hall–Kier alpha value is -2.96. The highest BCUT2D eigenvalue weighted by Gasteiger charge is 2.43. The third kappa shape index (κ3) is 1.90. The molecule has 1 aliphatic rings. The summed E-state index contributed by atoms with van der Waals surface area (Å²) in [5.41, 5.74) is 1.67. The van der Waals surface area contributed by atoms with Crippen LogP contribution in [-0.2, 0) is 0 Å². The molecule has 0 unspecified atom stereocenters. The lowest BCUT2D eigenvalue weighted by Gasteiger charge is -2.06. The van der Waals surface area contributed by atoms with E-state index in [1.54, 1.807) is 29.0 Å². The molecule has 4 rings (SSSR count). The Morgan fingerprint density at radius 2 is 1.95 bits per heavy atom. The average molecular weight is 302 g/mol. The van der Waals surface area contributed by atoms with Gasteiger partial charge in [0.15, 0.2) is 17.8 Å². The number of fused-ring (bicyclic) bond motifs is 2. The largest absolute Gasteiger partial charge is 0.586 e. The Kier molecular flexibility index (Phi) is 2.47. The van der Waals surface area contributed by atoms with Crippen LogP contribution in [0.3, 0.4) is 0 Å². The quantitative estimate of drug-likeness (QED) is 0.682. The van der Waals surface area contributed by atoms with E-state index in [-0.39, 0.29) is 11.5 Å². The summed E-state index contributed by atoms with van der Waals surface area (Å²) in [4.78, 5) is 15.0. The number of hydrogen-bond acceptors (Lipinski definition) is 4. The van der Waals surface area contributed by atoms with Gasteiger partial charge in [0.05, 0.1) is 5.69 Å². The second-order valence-electron chi connectivity index (χ2n) is 4.78. The van der Waals surface area contributed by atoms with Crippen LogP contribution in [0.5, 0.6) is 11.5 Å². The van der Waals surface area contributed by atoms with Crippen molar-refractivity contribution in [2.75, 3.05) is 0 Å². The van der Waals surface area contributed by atoms with Crippen molar-refractivity contribution >= 4 is 17.3 Å². The van der Waals surface area contributed by atoms with E-state index < -0.39 is 6.29 Å². The van der Waals surface area contributed by atoms with Crippen LogP contribution in [0, 0.1) is 0 Å². The summed E-state index contributed by atoms with van der Waals surface area (Å²) in [5, 5.41) is 0.771. The van der Waals surface area contributed by atoms with Crippen LogP contribution in [-0.4, -0.2) is 22.1 Å². The van der Waals surface area contributed by atoms with Crippen molar-refractivity contribution in [1.82, 2.24) is 9.55 Å². The number of benzene rings is 1. The van der Waals surface area contributed by atoms with Gasteiger partial charge >= 0.3 is 6.29 Å². The predicted octanol–water partition coefficient (Wildman–Crippen LogP) is 3.16. The SMILES string of the molecule is O=Cc1cnc2c(ccn2-c2ccc3c(c2)OC(F)(F)O3)c1. The zero-order chi connectivity index (χ0) is 15.3. The normalized spacial score (nSPS) is 15.2. The molecular formula is C15H8F2N2O3. The molecule has 5 nitrogen and oxygen atoms in total. The number of pyridine rings is 1. The number of hydrogen-bond donors (Lipinski definition) is 0. The predicted molar refractivity (Wildman–Crippen MR) is 72.7 cm³/mol. The van der Waals surface area contributed by atoms with Crippen LogP contribution in [0.25, 0.3) is 16.7 Å². The van der Waals surface area contributed by atoms with Crippen molar-refractivity contribution in [3.63, 3.8) is 0 Å². The van der Waals surface area contributed by atoms with Crippen molar-refractivity contribution in [3.05, 3.63) is 48.3 Å². The molecule has 1 aromatic carbocycles. The molecule has 0 fully saturated rings. The van der Waals surface area contributed by atoms with Crippen LogP contribution in [0.4, 0.5) is 8.78 Å². The van der Waals surface area contributed by atoms with E-state index in [2.05, 4.69) is 14.5 Å². The standard InChI is InChI=1S/C15H8F2N2O3/c16-15(17)21-12-2-1-11(6-13(12)22-15)19-4-3-10-5-9(8-20)7-18-14(10)19/h1-8H. The maximum absolute atomic E-state index is 13.1. The van der Waals surface area contributed by atoms with E-state index >= 15 is 0 Å². The van der Waals surface area contributed by atoms with Gasteiger partial charge in [-0.2, -0.15) is 0 Å². The summed E-state index contributed by atoms with van der Waals surface area (Å²) < 4.78 is 36.6. The number of rotatable bonds is 2. The minimum atomic E-state index is -3.64. The number of carbonyl (C=O) groups is 1. The van der Waals surface area contributed by atoms with Crippen molar-refractivity contribution in [2.24, 2.45) is 0 Å². The number of alkyl halides is 2. The molecular weight excluding hydrogens is 294 g/mol. The number of aldehydes is 1. The fourth-order valence-electron chi connectivity index (χ4n) is 2.40. The van der Waals surface area contributed by atoms with E-state index in [1.807, 2.05) is 0 Å². The van der Waals surface area contributed by atoms with E-state index in [4.69, 9.17) is 0 Å². The maximum Gasteiger partial charge on any atom is 0.586 e. The number of aromatic nitrogens is 2. The van der Waals surface area contributed by atoms with Gasteiger partial charge in [-0.25, -0.2) is 4.98 Å². The van der Waals surface area contributed by atoms with Gasteiger partial charge in [0.1, 0.15) is 5.65 Å². The molecule has 110 valence electrons. The lowest BCUT2D eigenvalue weighted by molar-refractivity contribution is -0.286. The van der Waals surface area contributed by atoms with Crippen molar-refractivity contribution in [3.8, 4) is 17.2 Å². The molecule has 0 saturated carbocycles. The van der Waals surface area contributed by atoms with E-state index in [1.165, 1.54) is 18.3 Å². The summed E-state index contributed by atoms with van der Waals surface area (Å²) in [6.45, 7) is 0. The second kappa shape index (κ2) is 4.27. The van der Waals surface area contributed by atoms with Gasteiger partial charge in [-0.1, -0.05) is 0 Å². The Labute approximate surface area is 122 Å². The van der Waals surface area contributed by atoms with E-state index in [9.17, 15) is 13.6 Å². The topological polar surface area (TPSA) is 53.4 Å². The minimum absolute atomic E-state index is 0.0126. The number of carbonyl (C=O) groups excluding carboxylic acids is 1. The Balaban J connectivity index is 1.82. The molecule has 0 radical (unpaired) electrons. The highest BCUT2D eigenvalue weighted by atomic mass is 19.3. The molecule has 22 heavy (non-hydrogen) atoms. The van der Waals surface area contributed by atoms with Gasteiger partial charge in [-0.15, -0.1) is 8.78 Å². The molecule has 3 aromatic rings. The minimum Gasteiger partial charge on any atom is -0.395 e. The van der Waals surface area contributed by atoms with Crippen LogP contribution < -0.4 is 9.47 Å². The summed E-state index contributed by atoms with van der Waals surface area (Å²) in [6.07, 6.45) is 0.262. The molecule has 1 aliphatic heterocycles. The first kappa shape index (κ1) is 12.8. The van der Waals surface area contributed by atoms with Crippen molar-refractivity contribution < 1.29 is 23.0 Å². The Morgan fingerprint density at radius 3 is 2.77 bits per heavy atom. The molecule has 0 aliphatic carbocycles. The van der Waals surface area contributed by atoms with Crippen molar-refractivity contribution in [2.45, 2.75) is 6.29 Å². The average Bonchev–Trinajstić information content (AvgIpc) is 3.04. The molecule has 0 saturated heterocycles. The van der Waals surface area contributed by atoms with E-state index in [0.29, 0.717) is 23.2 Å². The molecule has 0 atom stereocenters. The molecule has 0 bridgehead atoms. The number of nitrogens with zero attached hydrogens (tertiary/aromatic N) is 2. The fraction of sp³-hybridized carbons (Fsp3) is 0.0667. The smallest absolute Gasteiger partial charge is 0.395 e. The van der Waals surface area contributed by atoms with Gasteiger partial charge in [0.25, 0.3) is 0 Å². The molecule has 0 N–H and O–H groups in total. The molecule has 0 amide bonds. The number of halogens is 2. The third-order valence-corrected chi connectivity index (χ3v) is 3.35. The third-order valence-electron chi connectivity index (χ3n) is 3.35. The molecule has 7 heteroatoms. The van der Waals surface area contributed by atoms with Gasteiger partial charge in [0, 0.05) is 29.4 Å². The van der Waals surface area contributed by atoms with Crippen LogP contribution in [0.1, 0.15) is 10.4 Å². The summed E-state index contributed by atoms with van der Waals surface area (Å²) in [7, 11) is 0. The van der Waals surface area contributed by atoms with Crippen LogP contribution in [0.15, 0.2) is 42.7 Å². The molecule has 3 heterocycles. The summed E-state index contributed by atoms with van der Waals surface area (Å²) in [5.74, 6) is -0.0460. The summed E-state index contributed by atoms with van der Waals surface area (Å²) >= 11 is 0. The maximum atomic E-state index is 13.1. The van der Waals surface area contributed by atoms with Gasteiger partial charge < -0.3 is 14.0 Å². The summed E-state index contributed by atoms with van der Waals surface area (Å²) in [6, 6.07) is 7.97. The zero-order valence-electron chi connectivity index (χ0n) is 11.0. The number of ether oxygens (including phenoxy) is 2. The lowest BCUT2D eigenvalue weighted by atomic mass is 10.2. The van der Waals surface area contributed by atoms with Gasteiger partial charge in [0.2, 0.25) is 0 Å². The second-order valence-corrected chi connectivity index (χ2v) is 4.78. The Bertz CT molecular complexity index is 905. The van der Waals surface area contributed by atoms with Crippen LogP contribution in [0.2, 0.25) is 0 Å². The first-order valence-corrected chi connectivity index (χ1v) is 6.38. The van der Waals surface area contributed by atoms with Gasteiger partial charge in [-0.3, -0.25) is 4.79 Å². The first-order valence-electron chi connectivity index (χ1n) is 6.38. The molecule has 2 aromatic heterocycles. The fourth-order valence-corrected chi connectivity index (χ4v) is 2.40. The highest BCUT2D eigenvalue weighted by molar-refractivity contribution is 5.85.